The standard InChI is InChI=1S/C10H6BrClN2O2/c11-6-1-2-7(12)8(5-6)16-10-9(15)13-3-4-14-10/h1-5H,(H,13,15). The van der Waals surface area contributed by atoms with Gasteiger partial charge in [0.2, 0.25) is 0 Å². The van der Waals surface area contributed by atoms with Crippen LogP contribution in [0.1, 0.15) is 0 Å². The number of H-pyrrole nitrogens is 1. The summed E-state index contributed by atoms with van der Waals surface area (Å²) in [7, 11) is 0. The highest BCUT2D eigenvalue weighted by Gasteiger charge is 2.07. The Balaban J connectivity index is 2.38. The van der Waals surface area contributed by atoms with Crippen molar-refractivity contribution in [1.29, 1.82) is 0 Å². The lowest BCUT2D eigenvalue weighted by Crippen LogP contribution is -2.09. The summed E-state index contributed by atoms with van der Waals surface area (Å²) in [5.41, 5.74) is -0.404. The predicted molar refractivity (Wildman–Crippen MR) is 64.1 cm³/mol. The van der Waals surface area contributed by atoms with Crippen LogP contribution in [0.3, 0.4) is 0 Å². The molecule has 0 atom stereocenters. The van der Waals surface area contributed by atoms with Crippen molar-refractivity contribution in [3.8, 4) is 11.6 Å². The van der Waals surface area contributed by atoms with Crippen LogP contribution in [0.4, 0.5) is 0 Å². The van der Waals surface area contributed by atoms with E-state index in [0.29, 0.717) is 10.8 Å². The highest BCUT2D eigenvalue weighted by molar-refractivity contribution is 9.10. The second-order valence-electron chi connectivity index (χ2n) is 2.90. The summed E-state index contributed by atoms with van der Waals surface area (Å²) in [5, 5.41) is 0.410. The molecule has 0 saturated carbocycles. The van der Waals surface area contributed by atoms with Crippen LogP contribution in [0.5, 0.6) is 11.6 Å². The first-order chi connectivity index (χ1) is 7.66. The van der Waals surface area contributed by atoms with E-state index in [1.54, 1.807) is 18.2 Å². The monoisotopic (exact) mass is 300 g/mol. The van der Waals surface area contributed by atoms with Crippen LogP contribution in [0, 0.1) is 0 Å². The molecule has 0 aliphatic carbocycles. The molecular weight excluding hydrogens is 295 g/mol. The van der Waals surface area contributed by atoms with E-state index in [4.69, 9.17) is 16.3 Å². The minimum absolute atomic E-state index is 0.0394. The van der Waals surface area contributed by atoms with Gasteiger partial charge in [-0.25, -0.2) is 4.98 Å². The van der Waals surface area contributed by atoms with Crippen LogP contribution in [0.25, 0.3) is 0 Å². The second kappa shape index (κ2) is 4.67. The topological polar surface area (TPSA) is 55.0 Å². The largest absolute Gasteiger partial charge is 0.433 e. The Bertz CT molecular complexity index is 571. The highest BCUT2D eigenvalue weighted by Crippen LogP contribution is 2.30. The smallest absolute Gasteiger partial charge is 0.311 e. The Labute approximate surface area is 104 Å². The number of halogens is 2. The first kappa shape index (κ1) is 11.2. The van der Waals surface area contributed by atoms with Gasteiger partial charge in [0, 0.05) is 16.9 Å². The normalized spacial score (nSPS) is 10.1. The SMILES string of the molecule is O=c1[nH]ccnc1Oc1cc(Br)ccc1Cl. The summed E-state index contributed by atoms with van der Waals surface area (Å²) >= 11 is 9.20. The lowest BCUT2D eigenvalue weighted by Gasteiger charge is -2.05. The minimum Gasteiger partial charge on any atom is -0.433 e. The zero-order valence-corrected chi connectivity index (χ0v) is 10.2. The number of benzene rings is 1. The van der Waals surface area contributed by atoms with E-state index in [9.17, 15) is 4.79 Å². The van der Waals surface area contributed by atoms with E-state index in [2.05, 4.69) is 25.9 Å². The molecule has 0 fully saturated rings. The van der Waals surface area contributed by atoms with E-state index in [1.165, 1.54) is 12.4 Å². The van der Waals surface area contributed by atoms with E-state index in [1.807, 2.05) is 0 Å². The van der Waals surface area contributed by atoms with Gasteiger partial charge in [-0.3, -0.25) is 4.79 Å². The average molecular weight is 302 g/mol. The maximum absolute atomic E-state index is 11.3. The number of nitrogens with one attached hydrogen (secondary N) is 1. The number of rotatable bonds is 2. The van der Waals surface area contributed by atoms with Crippen molar-refractivity contribution in [3.63, 3.8) is 0 Å². The maximum atomic E-state index is 11.3. The number of aromatic amines is 1. The summed E-state index contributed by atoms with van der Waals surface area (Å²) in [4.78, 5) is 17.6. The summed E-state index contributed by atoms with van der Waals surface area (Å²) in [6.45, 7) is 0. The Kier molecular flexibility index (Phi) is 3.26. The molecule has 82 valence electrons. The van der Waals surface area contributed by atoms with Crippen LogP contribution in [-0.4, -0.2) is 9.97 Å². The number of nitrogens with zero attached hydrogens (tertiary/aromatic N) is 1. The van der Waals surface area contributed by atoms with Gasteiger partial charge in [0.1, 0.15) is 5.75 Å². The molecule has 0 aliphatic rings. The van der Waals surface area contributed by atoms with Gasteiger partial charge in [0.25, 0.3) is 5.88 Å². The van der Waals surface area contributed by atoms with Gasteiger partial charge in [-0.2, -0.15) is 0 Å². The van der Waals surface area contributed by atoms with Gasteiger partial charge in [0.05, 0.1) is 5.02 Å². The fourth-order valence-corrected chi connectivity index (χ4v) is 1.57. The molecule has 16 heavy (non-hydrogen) atoms. The van der Waals surface area contributed by atoms with Crippen molar-refractivity contribution in [3.05, 3.63) is 50.4 Å². The second-order valence-corrected chi connectivity index (χ2v) is 4.22. The third-order valence-corrected chi connectivity index (χ3v) is 2.58. The van der Waals surface area contributed by atoms with Crippen LogP contribution in [-0.2, 0) is 0 Å². The van der Waals surface area contributed by atoms with E-state index >= 15 is 0 Å². The molecule has 1 aromatic heterocycles. The minimum atomic E-state index is -0.404. The molecule has 0 amide bonds. The first-order valence-corrected chi connectivity index (χ1v) is 5.50. The molecule has 0 spiro atoms. The number of hydrogen-bond donors (Lipinski definition) is 1. The first-order valence-electron chi connectivity index (χ1n) is 4.33. The van der Waals surface area contributed by atoms with Crippen molar-refractivity contribution in [2.24, 2.45) is 0 Å². The average Bonchev–Trinajstić information content (AvgIpc) is 2.27. The molecule has 1 aromatic carbocycles. The van der Waals surface area contributed by atoms with Crippen molar-refractivity contribution >= 4 is 27.5 Å². The van der Waals surface area contributed by atoms with Gasteiger partial charge in [-0.1, -0.05) is 27.5 Å². The van der Waals surface area contributed by atoms with Gasteiger partial charge in [-0.15, -0.1) is 0 Å². The summed E-state index contributed by atoms with van der Waals surface area (Å²) in [6, 6.07) is 5.10. The zero-order valence-electron chi connectivity index (χ0n) is 7.91. The van der Waals surface area contributed by atoms with E-state index < -0.39 is 5.56 Å². The van der Waals surface area contributed by atoms with Gasteiger partial charge < -0.3 is 9.72 Å². The maximum Gasteiger partial charge on any atom is 0.311 e. The molecule has 1 heterocycles. The van der Waals surface area contributed by atoms with Gasteiger partial charge in [0.15, 0.2) is 0 Å². The number of ether oxygens (including phenoxy) is 1. The van der Waals surface area contributed by atoms with E-state index in [-0.39, 0.29) is 5.88 Å². The Morgan fingerprint density at radius 3 is 3.00 bits per heavy atom. The van der Waals surface area contributed by atoms with Crippen LogP contribution in [0.2, 0.25) is 5.02 Å². The van der Waals surface area contributed by atoms with Crippen molar-refractivity contribution < 1.29 is 4.74 Å². The summed E-state index contributed by atoms with van der Waals surface area (Å²) in [5.74, 6) is 0.336. The lowest BCUT2D eigenvalue weighted by atomic mass is 10.3. The Hall–Kier alpha value is -1.33. The molecule has 2 aromatic rings. The quantitative estimate of drug-likeness (QED) is 0.928. The van der Waals surface area contributed by atoms with Crippen molar-refractivity contribution in [2.45, 2.75) is 0 Å². The molecule has 1 N–H and O–H groups in total. The van der Waals surface area contributed by atoms with E-state index in [0.717, 1.165) is 4.47 Å². The number of aromatic nitrogens is 2. The van der Waals surface area contributed by atoms with Crippen LogP contribution in [0.15, 0.2) is 39.9 Å². The van der Waals surface area contributed by atoms with Crippen LogP contribution < -0.4 is 10.3 Å². The molecule has 0 radical (unpaired) electrons. The van der Waals surface area contributed by atoms with Crippen molar-refractivity contribution in [1.82, 2.24) is 9.97 Å². The predicted octanol–water partition coefficient (Wildman–Crippen LogP) is 2.98. The highest BCUT2D eigenvalue weighted by atomic mass is 79.9. The summed E-state index contributed by atoms with van der Waals surface area (Å²) in [6.07, 6.45) is 2.86. The van der Waals surface area contributed by atoms with Gasteiger partial charge in [-0.05, 0) is 18.2 Å². The van der Waals surface area contributed by atoms with Gasteiger partial charge >= 0.3 is 5.56 Å². The Morgan fingerprint density at radius 2 is 2.25 bits per heavy atom. The fraction of sp³-hybridized carbons (Fsp3) is 0. The fourth-order valence-electron chi connectivity index (χ4n) is 1.07. The third kappa shape index (κ3) is 2.43. The number of hydrogen-bond acceptors (Lipinski definition) is 3. The molecule has 0 saturated heterocycles. The molecule has 6 heteroatoms. The molecule has 2 rings (SSSR count). The Morgan fingerprint density at radius 1 is 1.44 bits per heavy atom. The molecule has 0 aliphatic heterocycles. The molecule has 0 unspecified atom stereocenters. The summed E-state index contributed by atoms with van der Waals surface area (Å²) < 4.78 is 6.11. The zero-order chi connectivity index (χ0) is 11.5. The molecule has 4 nitrogen and oxygen atoms in total. The molecule has 0 bridgehead atoms. The lowest BCUT2D eigenvalue weighted by molar-refractivity contribution is 0.454. The molecular formula is C10H6BrClN2O2. The third-order valence-electron chi connectivity index (χ3n) is 1.77. The van der Waals surface area contributed by atoms with Crippen LogP contribution >= 0.6 is 27.5 Å². The van der Waals surface area contributed by atoms with Crippen molar-refractivity contribution in [2.75, 3.05) is 0 Å².